The lowest BCUT2D eigenvalue weighted by atomic mass is 9.89. The molecule has 0 unspecified atom stereocenters. The van der Waals surface area contributed by atoms with E-state index in [4.69, 9.17) is 15.5 Å². The van der Waals surface area contributed by atoms with Gasteiger partial charge >= 0.3 is 12.2 Å². The number of likely N-dealkylation sites (N-methyl/N-ethyl adjacent to an activating group) is 1. The van der Waals surface area contributed by atoms with E-state index >= 15 is 0 Å². The molecule has 0 saturated carbocycles. The third-order valence-corrected chi connectivity index (χ3v) is 6.39. The third kappa shape index (κ3) is 6.88. The number of nitrogen functional groups attached to an aromatic ring is 1. The van der Waals surface area contributed by atoms with E-state index in [0.717, 1.165) is 34.3 Å². The first kappa shape index (κ1) is 29.7. The molecule has 12 heteroatoms. The molecule has 2 heterocycles. The van der Waals surface area contributed by atoms with Gasteiger partial charge in [0, 0.05) is 30.4 Å². The molecule has 0 saturated heterocycles. The zero-order chi connectivity index (χ0) is 30.1. The largest absolute Gasteiger partial charge is 0.490 e. The second-order valence-electron chi connectivity index (χ2n) is 11.0. The van der Waals surface area contributed by atoms with Gasteiger partial charge in [0.15, 0.2) is 11.5 Å². The van der Waals surface area contributed by atoms with Crippen LogP contribution in [0, 0.1) is 0 Å². The lowest BCUT2D eigenvalue weighted by Crippen LogP contribution is -2.22. The first-order valence-corrected chi connectivity index (χ1v) is 12.9. The van der Waals surface area contributed by atoms with Crippen LogP contribution in [0.25, 0.3) is 22.2 Å². The molecule has 218 valence electrons. The Morgan fingerprint density at radius 3 is 2.34 bits per heavy atom. The summed E-state index contributed by atoms with van der Waals surface area (Å²) in [4.78, 5) is 19.5. The van der Waals surface area contributed by atoms with Crippen molar-refractivity contribution in [3.05, 3.63) is 59.8 Å². The summed E-state index contributed by atoms with van der Waals surface area (Å²) in [6, 6.07) is 11.3. The Labute approximate surface area is 236 Å². The number of pyridine rings is 1. The summed E-state index contributed by atoms with van der Waals surface area (Å²) in [6.07, 6.45) is -4.58. The number of nitrogens with zero attached hydrogens (tertiary/aromatic N) is 4. The van der Waals surface area contributed by atoms with E-state index in [9.17, 15) is 18.0 Å². The van der Waals surface area contributed by atoms with Crippen molar-refractivity contribution in [3.63, 3.8) is 0 Å². The van der Waals surface area contributed by atoms with E-state index < -0.39 is 17.8 Å². The number of hydrogen-bond acceptors (Lipinski definition) is 6. The molecule has 4 aromatic rings. The summed E-state index contributed by atoms with van der Waals surface area (Å²) in [6.45, 7) is 6.99. The normalized spacial score (nSPS) is 12.1. The number of aryl methyl sites for hydroxylation is 1. The van der Waals surface area contributed by atoms with Crippen LogP contribution in [0.4, 0.5) is 35.2 Å². The highest BCUT2D eigenvalue weighted by Gasteiger charge is 2.31. The number of benzene rings is 2. The Morgan fingerprint density at radius 2 is 1.73 bits per heavy atom. The maximum Gasteiger partial charge on any atom is 0.416 e. The van der Waals surface area contributed by atoms with Crippen LogP contribution >= 0.6 is 0 Å². The molecule has 0 aliphatic carbocycles. The monoisotopic (exact) mass is 569 g/mol. The van der Waals surface area contributed by atoms with Gasteiger partial charge in [0.1, 0.15) is 12.4 Å². The van der Waals surface area contributed by atoms with E-state index in [1.165, 1.54) is 6.07 Å². The molecule has 0 bridgehead atoms. The highest BCUT2D eigenvalue weighted by Crippen LogP contribution is 2.37. The molecule has 41 heavy (non-hydrogen) atoms. The highest BCUT2D eigenvalue weighted by molar-refractivity contribution is 6.02. The lowest BCUT2D eigenvalue weighted by Gasteiger charge is -2.19. The molecule has 0 aliphatic heterocycles. The molecular weight excluding hydrogens is 535 g/mol. The average molecular weight is 570 g/mol. The second kappa shape index (κ2) is 11.3. The Kier molecular flexibility index (Phi) is 8.16. The molecule has 2 aromatic heterocycles. The molecule has 0 fully saturated rings. The maximum absolute atomic E-state index is 13.3. The van der Waals surface area contributed by atoms with E-state index in [0.29, 0.717) is 23.7 Å². The Morgan fingerprint density at radius 1 is 1.05 bits per heavy atom. The molecule has 0 aliphatic rings. The number of nitrogens with one attached hydrogen (secondary N) is 2. The van der Waals surface area contributed by atoms with Gasteiger partial charge in [-0.1, -0.05) is 32.9 Å². The van der Waals surface area contributed by atoms with Gasteiger partial charge in [-0.3, -0.25) is 0 Å². The summed E-state index contributed by atoms with van der Waals surface area (Å²) in [5.41, 5.74) is 8.67. The number of amides is 2. The molecule has 4 rings (SSSR count). The number of rotatable bonds is 7. The quantitative estimate of drug-likeness (QED) is 0.247. The van der Waals surface area contributed by atoms with Crippen LogP contribution in [0.5, 0.6) is 5.75 Å². The fraction of sp³-hybridized carbons (Fsp3) is 0.345. The smallest absolute Gasteiger partial charge is 0.416 e. The van der Waals surface area contributed by atoms with Crippen molar-refractivity contribution in [2.24, 2.45) is 7.05 Å². The number of alkyl halides is 3. The Bertz CT molecular complexity index is 1560. The van der Waals surface area contributed by atoms with E-state index in [1.807, 2.05) is 37.2 Å². The maximum atomic E-state index is 13.3. The van der Waals surface area contributed by atoms with Crippen LogP contribution in [-0.4, -0.2) is 52.9 Å². The van der Waals surface area contributed by atoms with Gasteiger partial charge in [-0.15, -0.1) is 0 Å². The van der Waals surface area contributed by atoms with E-state index in [1.54, 1.807) is 23.9 Å². The summed E-state index contributed by atoms with van der Waals surface area (Å²) in [7, 11) is 5.48. The van der Waals surface area contributed by atoms with Crippen molar-refractivity contribution < 1.29 is 22.7 Å². The minimum atomic E-state index is -4.58. The summed E-state index contributed by atoms with van der Waals surface area (Å²) in [5, 5.41) is 10.2. The van der Waals surface area contributed by atoms with Gasteiger partial charge in [-0.2, -0.15) is 18.3 Å². The standard InChI is InChI=1S/C29H34F3N7O2/c1-28(2,3)23-16-20(24-25(33)37-39(6)26(24)36-23)17-7-10-19(11-8-17)34-27(40)35-21-15-18(29(30,31)32)9-12-22(21)41-14-13-38(4)5/h7-12,15-16H,13-14H2,1-6H3,(H2,33,37)(H2,34,35,40). The molecular formula is C29H34F3N7O2. The molecule has 4 N–H and O–H groups in total. The molecule has 0 radical (unpaired) electrons. The van der Waals surface area contributed by atoms with Crippen molar-refractivity contribution in [1.82, 2.24) is 19.7 Å². The van der Waals surface area contributed by atoms with Crippen LogP contribution in [0.15, 0.2) is 48.5 Å². The fourth-order valence-electron chi connectivity index (χ4n) is 4.17. The fourth-order valence-corrected chi connectivity index (χ4v) is 4.17. The summed E-state index contributed by atoms with van der Waals surface area (Å²) < 4.78 is 47.3. The first-order valence-electron chi connectivity index (χ1n) is 12.9. The van der Waals surface area contributed by atoms with E-state index in [-0.39, 0.29) is 23.5 Å². The van der Waals surface area contributed by atoms with Gasteiger partial charge in [0.05, 0.1) is 16.6 Å². The van der Waals surface area contributed by atoms with Crippen molar-refractivity contribution in [1.29, 1.82) is 0 Å². The van der Waals surface area contributed by atoms with Crippen molar-refractivity contribution in [2.75, 3.05) is 43.6 Å². The molecule has 2 amide bonds. The first-order chi connectivity index (χ1) is 19.1. The zero-order valence-electron chi connectivity index (χ0n) is 23.8. The molecule has 9 nitrogen and oxygen atoms in total. The third-order valence-electron chi connectivity index (χ3n) is 6.39. The van der Waals surface area contributed by atoms with Gasteiger partial charge in [-0.05, 0) is 61.6 Å². The Hall–Kier alpha value is -4.32. The zero-order valence-corrected chi connectivity index (χ0v) is 23.8. The SMILES string of the molecule is CN(C)CCOc1ccc(C(F)(F)F)cc1NC(=O)Nc1ccc(-c2cc(C(C)(C)C)nc3c2c(N)nn3C)cc1. The van der Waals surface area contributed by atoms with Crippen LogP contribution in [0.3, 0.4) is 0 Å². The minimum absolute atomic E-state index is 0.0892. The summed E-state index contributed by atoms with van der Waals surface area (Å²) >= 11 is 0. The number of carbonyl (C=O) groups is 1. The van der Waals surface area contributed by atoms with Gasteiger partial charge in [0.2, 0.25) is 0 Å². The highest BCUT2D eigenvalue weighted by atomic mass is 19.4. The van der Waals surface area contributed by atoms with Crippen molar-refractivity contribution >= 4 is 34.3 Å². The minimum Gasteiger partial charge on any atom is -0.490 e. The van der Waals surface area contributed by atoms with Gasteiger partial charge < -0.3 is 26.0 Å². The van der Waals surface area contributed by atoms with Crippen molar-refractivity contribution in [2.45, 2.75) is 32.4 Å². The lowest BCUT2D eigenvalue weighted by molar-refractivity contribution is -0.137. The Balaban J connectivity index is 1.57. The number of ether oxygens (including phenoxy) is 1. The molecule has 2 aromatic carbocycles. The topological polar surface area (TPSA) is 110 Å². The van der Waals surface area contributed by atoms with Crippen LogP contribution in [-0.2, 0) is 18.6 Å². The number of carbonyl (C=O) groups excluding carboxylic acids is 1. The number of urea groups is 1. The predicted molar refractivity (Wildman–Crippen MR) is 155 cm³/mol. The number of anilines is 3. The average Bonchev–Trinajstić information content (AvgIpc) is 3.16. The molecule has 0 atom stereocenters. The van der Waals surface area contributed by atoms with Crippen LogP contribution < -0.4 is 21.1 Å². The molecule has 0 spiro atoms. The van der Waals surface area contributed by atoms with Gasteiger partial charge in [0.25, 0.3) is 0 Å². The van der Waals surface area contributed by atoms with Gasteiger partial charge in [-0.25, -0.2) is 14.5 Å². The summed E-state index contributed by atoms with van der Waals surface area (Å²) in [5.74, 6) is 0.493. The van der Waals surface area contributed by atoms with Crippen molar-refractivity contribution in [3.8, 4) is 16.9 Å². The number of fused-ring (bicyclic) bond motifs is 1. The number of nitrogens with two attached hydrogens (primary N) is 1. The van der Waals surface area contributed by atoms with Crippen LogP contribution in [0.2, 0.25) is 0 Å². The van der Waals surface area contributed by atoms with Crippen LogP contribution in [0.1, 0.15) is 32.0 Å². The second-order valence-corrected chi connectivity index (χ2v) is 11.0. The number of halogens is 3. The number of hydrogen-bond donors (Lipinski definition) is 3. The van der Waals surface area contributed by atoms with E-state index in [2.05, 4.69) is 36.5 Å². The predicted octanol–water partition coefficient (Wildman–Crippen LogP) is 6.12. The number of aromatic nitrogens is 3.